The molecule has 1 aromatic rings. The fourth-order valence-electron chi connectivity index (χ4n) is 2.59. The van der Waals surface area contributed by atoms with E-state index in [1.54, 1.807) is 7.11 Å². The van der Waals surface area contributed by atoms with E-state index in [0.717, 1.165) is 17.7 Å². The van der Waals surface area contributed by atoms with Crippen LogP contribution in [0.1, 0.15) is 40.2 Å². The minimum atomic E-state index is -0.476. The fraction of sp³-hybridized carbons (Fsp3) is 0.600. The first-order valence-electron chi connectivity index (χ1n) is 5.22. The molecule has 3 atom stereocenters. The van der Waals surface area contributed by atoms with Crippen molar-refractivity contribution in [2.75, 3.05) is 13.9 Å². The summed E-state index contributed by atoms with van der Waals surface area (Å²) < 4.78 is 10.5. The maximum absolute atomic E-state index is 11.2. The topological polar surface area (TPSA) is 90.2 Å². The maximum atomic E-state index is 11.2. The first kappa shape index (κ1) is 9.80. The lowest BCUT2D eigenvalue weighted by Gasteiger charge is -2.12. The summed E-state index contributed by atoms with van der Waals surface area (Å²) in [5.41, 5.74) is 7.49. The Bertz CT molecular complexity index is 443. The molecule has 0 unspecified atom stereocenters. The van der Waals surface area contributed by atoms with Gasteiger partial charge < -0.3 is 15.2 Å². The van der Waals surface area contributed by atoms with E-state index >= 15 is 0 Å². The Labute approximate surface area is 92.1 Å². The summed E-state index contributed by atoms with van der Waals surface area (Å²) in [6, 6.07) is 0. The molecule has 0 aromatic carbocycles. The van der Waals surface area contributed by atoms with Crippen molar-refractivity contribution in [3.63, 3.8) is 0 Å². The molecule has 6 heteroatoms. The number of carbonyl (C=O) groups is 1. The van der Waals surface area contributed by atoms with Crippen LogP contribution >= 0.6 is 0 Å². The number of hydrogen-bond donors (Lipinski definition) is 2. The van der Waals surface area contributed by atoms with Gasteiger partial charge in [-0.2, -0.15) is 5.10 Å². The number of nitrogens with one attached hydrogen (secondary N) is 1. The Hall–Kier alpha value is -1.40. The molecule has 2 aliphatic rings. The Balaban J connectivity index is 1.91. The number of aromatic amines is 1. The largest absolute Gasteiger partial charge is 0.364 e. The van der Waals surface area contributed by atoms with Gasteiger partial charge in [-0.15, -0.1) is 0 Å². The second-order valence-electron chi connectivity index (χ2n) is 4.26. The highest BCUT2D eigenvalue weighted by atomic mass is 16.7. The SMILES string of the molecule is COCO[C@H]1c2[nH]nc(C(N)=O)c2[C@H]2C[C@H]21. The molecule has 1 saturated carbocycles. The number of rotatable bonds is 4. The maximum Gasteiger partial charge on any atom is 0.269 e. The third kappa shape index (κ3) is 1.20. The molecule has 0 bridgehead atoms. The first-order chi connectivity index (χ1) is 7.74. The highest BCUT2D eigenvalue weighted by Crippen LogP contribution is 2.63. The van der Waals surface area contributed by atoms with E-state index in [4.69, 9.17) is 15.2 Å². The predicted molar refractivity (Wildman–Crippen MR) is 53.7 cm³/mol. The van der Waals surface area contributed by atoms with Gasteiger partial charge >= 0.3 is 0 Å². The number of fused-ring (bicyclic) bond motifs is 3. The minimum Gasteiger partial charge on any atom is -0.364 e. The lowest BCUT2D eigenvalue weighted by molar-refractivity contribution is -0.0803. The number of nitrogens with two attached hydrogens (primary N) is 1. The van der Waals surface area contributed by atoms with E-state index in [9.17, 15) is 4.79 Å². The Morgan fingerprint density at radius 3 is 3.19 bits per heavy atom. The molecule has 86 valence electrons. The third-order valence-corrected chi connectivity index (χ3v) is 3.32. The zero-order valence-corrected chi connectivity index (χ0v) is 8.90. The molecule has 2 aliphatic carbocycles. The molecule has 1 amide bonds. The molecule has 0 aliphatic heterocycles. The van der Waals surface area contributed by atoms with Crippen LogP contribution < -0.4 is 5.73 Å². The van der Waals surface area contributed by atoms with Gasteiger partial charge in [0.15, 0.2) is 5.69 Å². The van der Waals surface area contributed by atoms with Crippen molar-refractivity contribution >= 4 is 5.91 Å². The van der Waals surface area contributed by atoms with Gasteiger partial charge in [-0.05, 0) is 18.3 Å². The van der Waals surface area contributed by atoms with Crippen LogP contribution in [0.2, 0.25) is 0 Å². The van der Waals surface area contributed by atoms with Crippen molar-refractivity contribution in [2.24, 2.45) is 11.7 Å². The van der Waals surface area contributed by atoms with Gasteiger partial charge in [0.1, 0.15) is 12.9 Å². The van der Waals surface area contributed by atoms with E-state index in [-0.39, 0.29) is 12.9 Å². The number of amides is 1. The average molecular weight is 223 g/mol. The molecule has 6 nitrogen and oxygen atoms in total. The van der Waals surface area contributed by atoms with Crippen molar-refractivity contribution in [1.29, 1.82) is 0 Å². The summed E-state index contributed by atoms with van der Waals surface area (Å²) in [4.78, 5) is 11.2. The summed E-state index contributed by atoms with van der Waals surface area (Å²) >= 11 is 0. The fourth-order valence-corrected chi connectivity index (χ4v) is 2.59. The summed E-state index contributed by atoms with van der Waals surface area (Å²) in [6.07, 6.45) is 1.02. The van der Waals surface area contributed by atoms with E-state index in [0.29, 0.717) is 17.5 Å². The van der Waals surface area contributed by atoms with Crippen molar-refractivity contribution in [3.8, 4) is 0 Å². The molecular weight excluding hydrogens is 210 g/mol. The highest BCUT2D eigenvalue weighted by molar-refractivity contribution is 5.93. The number of primary amides is 1. The van der Waals surface area contributed by atoms with Crippen LogP contribution in [0.3, 0.4) is 0 Å². The molecule has 3 rings (SSSR count). The molecule has 1 heterocycles. The lowest BCUT2D eigenvalue weighted by Crippen LogP contribution is -2.13. The summed E-state index contributed by atoms with van der Waals surface area (Å²) in [7, 11) is 1.59. The van der Waals surface area contributed by atoms with Crippen LogP contribution in [0.5, 0.6) is 0 Å². The van der Waals surface area contributed by atoms with Gasteiger partial charge in [-0.3, -0.25) is 9.89 Å². The Kier molecular flexibility index (Phi) is 2.02. The smallest absolute Gasteiger partial charge is 0.269 e. The molecule has 1 fully saturated rings. The van der Waals surface area contributed by atoms with Crippen molar-refractivity contribution in [2.45, 2.75) is 18.4 Å². The average Bonchev–Trinajstić information content (AvgIpc) is 2.80. The number of aromatic nitrogens is 2. The molecule has 16 heavy (non-hydrogen) atoms. The van der Waals surface area contributed by atoms with E-state index in [1.807, 2.05) is 0 Å². The number of hydrogen-bond acceptors (Lipinski definition) is 4. The van der Waals surface area contributed by atoms with Crippen LogP contribution in [-0.4, -0.2) is 30.0 Å². The number of carbonyl (C=O) groups excluding carboxylic acids is 1. The molecule has 0 spiro atoms. The van der Waals surface area contributed by atoms with Crippen LogP contribution in [0.15, 0.2) is 0 Å². The lowest BCUT2D eigenvalue weighted by atomic mass is 10.1. The third-order valence-electron chi connectivity index (χ3n) is 3.32. The highest BCUT2D eigenvalue weighted by Gasteiger charge is 2.55. The van der Waals surface area contributed by atoms with Crippen LogP contribution in [0.4, 0.5) is 0 Å². The van der Waals surface area contributed by atoms with E-state index < -0.39 is 5.91 Å². The van der Waals surface area contributed by atoms with Gasteiger partial charge in [-0.1, -0.05) is 0 Å². The van der Waals surface area contributed by atoms with Gasteiger partial charge in [0.05, 0.1) is 5.69 Å². The van der Waals surface area contributed by atoms with Crippen molar-refractivity contribution in [3.05, 3.63) is 17.0 Å². The number of H-pyrrole nitrogens is 1. The normalized spacial score (nSPS) is 29.9. The zero-order valence-electron chi connectivity index (χ0n) is 8.90. The second-order valence-corrected chi connectivity index (χ2v) is 4.26. The Morgan fingerprint density at radius 1 is 1.69 bits per heavy atom. The molecule has 0 radical (unpaired) electrons. The quantitative estimate of drug-likeness (QED) is 0.718. The van der Waals surface area contributed by atoms with Gasteiger partial charge in [0.2, 0.25) is 0 Å². The molecule has 3 N–H and O–H groups in total. The summed E-state index contributed by atoms with van der Waals surface area (Å²) in [6.45, 7) is 0.248. The number of ether oxygens (including phenoxy) is 2. The monoisotopic (exact) mass is 223 g/mol. The van der Waals surface area contributed by atoms with Crippen LogP contribution in [-0.2, 0) is 9.47 Å². The van der Waals surface area contributed by atoms with E-state index in [2.05, 4.69) is 10.2 Å². The second kappa shape index (κ2) is 3.29. The van der Waals surface area contributed by atoms with Gasteiger partial charge in [0.25, 0.3) is 5.91 Å². The Morgan fingerprint density at radius 2 is 2.50 bits per heavy atom. The summed E-state index contributed by atoms with van der Waals surface area (Å²) in [5.74, 6) is 0.367. The minimum absolute atomic E-state index is 0.0273. The summed E-state index contributed by atoms with van der Waals surface area (Å²) in [5, 5.41) is 6.81. The number of methoxy groups -OCH3 is 1. The van der Waals surface area contributed by atoms with Gasteiger partial charge in [0, 0.05) is 12.7 Å². The van der Waals surface area contributed by atoms with Crippen molar-refractivity contribution in [1.82, 2.24) is 10.2 Å². The molecular formula is C10H13N3O3. The zero-order chi connectivity index (χ0) is 11.3. The van der Waals surface area contributed by atoms with Crippen LogP contribution in [0, 0.1) is 5.92 Å². The first-order valence-corrected chi connectivity index (χ1v) is 5.22. The van der Waals surface area contributed by atoms with E-state index in [1.165, 1.54) is 0 Å². The van der Waals surface area contributed by atoms with Gasteiger partial charge in [-0.25, -0.2) is 0 Å². The number of nitrogens with zero attached hydrogens (tertiary/aromatic N) is 1. The molecule has 1 aromatic heterocycles. The van der Waals surface area contributed by atoms with Crippen LogP contribution in [0.25, 0.3) is 0 Å². The molecule has 0 saturated heterocycles. The standard InChI is InChI=1S/C10H13N3O3/c1-15-3-16-9-5-2-4(5)6-7(9)12-13-8(6)10(11)14/h4-5,9H,2-3H2,1H3,(H2,11,14)(H,12,13)/t4-,5+,9+/m0/s1. The van der Waals surface area contributed by atoms with Crippen molar-refractivity contribution < 1.29 is 14.3 Å². The predicted octanol–water partition coefficient (Wildman–Crippen LogP) is 0.287.